The number of nitrogens with one attached hydrogen (secondary N) is 1. The van der Waals surface area contributed by atoms with E-state index in [1.54, 1.807) is 11.3 Å². The van der Waals surface area contributed by atoms with Gasteiger partial charge < -0.3 is 5.32 Å². The summed E-state index contributed by atoms with van der Waals surface area (Å²) in [6.07, 6.45) is 2.17. The zero-order valence-corrected chi connectivity index (χ0v) is 16.6. The molecule has 140 valence electrons. The minimum Gasteiger partial charge on any atom is -0.351 e. The normalized spacial score (nSPS) is 18.7. The number of hydrogen-bond acceptors (Lipinski definition) is 4. The van der Waals surface area contributed by atoms with Gasteiger partial charge >= 0.3 is 0 Å². The molecule has 1 aromatic heterocycles. The predicted molar refractivity (Wildman–Crippen MR) is 111 cm³/mol. The molecule has 4 rings (SSSR count). The molecule has 2 unspecified atom stereocenters. The SMILES string of the molecule is Cc1ccccc1CNC(=O)C(C)N1CCCC1c1nc2ccccc2s1. The number of carbonyl (C=O) groups excluding carboxylic acids is 1. The van der Waals surface area contributed by atoms with Gasteiger partial charge in [0.25, 0.3) is 0 Å². The van der Waals surface area contributed by atoms with Gasteiger partial charge in [-0.15, -0.1) is 11.3 Å². The Kier molecular flexibility index (Phi) is 5.23. The number of aryl methyl sites for hydroxylation is 1. The predicted octanol–water partition coefficient (Wildman–Crippen LogP) is 4.45. The Hall–Kier alpha value is -2.24. The first-order valence-corrected chi connectivity index (χ1v) is 10.4. The van der Waals surface area contributed by atoms with Crippen molar-refractivity contribution in [2.75, 3.05) is 6.54 Å². The van der Waals surface area contributed by atoms with E-state index >= 15 is 0 Å². The lowest BCUT2D eigenvalue weighted by atomic mass is 10.1. The number of hydrogen-bond donors (Lipinski definition) is 1. The summed E-state index contributed by atoms with van der Waals surface area (Å²) in [5.41, 5.74) is 3.43. The Morgan fingerprint density at radius 1 is 1.26 bits per heavy atom. The van der Waals surface area contributed by atoms with E-state index in [-0.39, 0.29) is 18.0 Å². The molecule has 1 fully saturated rings. The lowest BCUT2D eigenvalue weighted by Gasteiger charge is -2.28. The fourth-order valence-corrected chi connectivity index (χ4v) is 4.96. The quantitative estimate of drug-likeness (QED) is 0.712. The molecule has 0 spiro atoms. The molecule has 1 aliphatic heterocycles. The van der Waals surface area contributed by atoms with Crippen LogP contribution in [-0.2, 0) is 11.3 Å². The van der Waals surface area contributed by atoms with Gasteiger partial charge in [-0.25, -0.2) is 4.98 Å². The first-order chi connectivity index (χ1) is 13.1. The second-order valence-electron chi connectivity index (χ2n) is 7.24. The molecule has 0 radical (unpaired) electrons. The van der Waals surface area contributed by atoms with E-state index in [0.29, 0.717) is 6.54 Å². The fourth-order valence-electron chi connectivity index (χ4n) is 3.84. The van der Waals surface area contributed by atoms with E-state index in [2.05, 4.69) is 47.5 Å². The molecular formula is C22H25N3OS. The maximum atomic E-state index is 12.8. The molecule has 5 heteroatoms. The number of para-hydroxylation sites is 1. The van der Waals surface area contributed by atoms with Crippen molar-refractivity contribution in [3.8, 4) is 0 Å². The van der Waals surface area contributed by atoms with E-state index in [1.807, 2.05) is 25.1 Å². The number of likely N-dealkylation sites (tertiary alicyclic amines) is 1. The van der Waals surface area contributed by atoms with Gasteiger partial charge in [0.1, 0.15) is 5.01 Å². The van der Waals surface area contributed by atoms with E-state index in [4.69, 9.17) is 4.98 Å². The molecule has 0 saturated carbocycles. The maximum Gasteiger partial charge on any atom is 0.237 e. The molecular weight excluding hydrogens is 354 g/mol. The lowest BCUT2D eigenvalue weighted by molar-refractivity contribution is -0.126. The van der Waals surface area contributed by atoms with Crippen LogP contribution in [0.1, 0.15) is 41.9 Å². The lowest BCUT2D eigenvalue weighted by Crippen LogP contribution is -2.44. The van der Waals surface area contributed by atoms with Crippen LogP contribution in [0, 0.1) is 6.92 Å². The average Bonchev–Trinajstić information content (AvgIpc) is 3.33. The third-order valence-electron chi connectivity index (χ3n) is 5.48. The average molecular weight is 380 g/mol. The van der Waals surface area contributed by atoms with Gasteiger partial charge in [-0.05, 0) is 56.5 Å². The molecule has 0 aliphatic carbocycles. The molecule has 2 heterocycles. The number of amides is 1. The van der Waals surface area contributed by atoms with Gasteiger partial charge in [0.2, 0.25) is 5.91 Å². The number of fused-ring (bicyclic) bond motifs is 1. The van der Waals surface area contributed by atoms with Crippen molar-refractivity contribution in [1.82, 2.24) is 15.2 Å². The summed E-state index contributed by atoms with van der Waals surface area (Å²) in [6.45, 7) is 5.61. The summed E-state index contributed by atoms with van der Waals surface area (Å²) < 4.78 is 1.22. The third kappa shape index (κ3) is 3.75. The van der Waals surface area contributed by atoms with Crippen LogP contribution in [0.3, 0.4) is 0 Å². The molecule has 0 bridgehead atoms. The van der Waals surface area contributed by atoms with Crippen LogP contribution in [0.2, 0.25) is 0 Å². The van der Waals surface area contributed by atoms with Crippen LogP contribution in [0.4, 0.5) is 0 Å². The minimum absolute atomic E-state index is 0.0891. The van der Waals surface area contributed by atoms with Crippen LogP contribution in [0.5, 0.6) is 0 Å². The van der Waals surface area contributed by atoms with E-state index < -0.39 is 0 Å². The van der Waals surface area contributed by atoms with Crippen molar-refractivity contribution in [2.45, 2.75) is 45.3 Å². The van der Waals surface area contributed by atoms with Crippen molar-refractivity contribution in [3.63, 3.8) is 0 Å². The highest BCUT2D eigenvalue weighted by atomic mass is 32.1. The minimum atomic E-state index is -0.159. The Labute approximate surface area is 164 Å². The number of carbonyl (C=O) groups is 1. The van der Waals surface area contributed by atoms with E-state index in [9.17, 15) is 4.79 Å². The fraction of sp³-hybridized carbons (Fsp3) is 0.364. The van der Waals surface area contributed by atoms with E-state index in [0.717, 1.165) is 29.9 Å². The first kappa shape index (κ1) is 18.1. The summed E-state index contributed by atoms with van der Waals surface area (Å²) in [5.74, 6) is 0.0891. The first-order valence-electron chi connectivity index (χ1n) is 9.57. The molecule has 27 heavy (non-hydrogen) atoms. The van der Waals surface area contributed by atoms with Gasteiger partial charge in [0.05, 0.1) is 22.3 Å². The van der Waals surface area contributed by atoms with Gasteiger partial charge in [-0.2, -0.15) is 0 Å². The van der Waals surface area contributed by atoms with Crippen LogP contribution in [0.15, 0.2) is 48.5 Å². The molecule has 1 N–H and O–H groups in total. The maximum absolute atomic E-state index is 12.8. The zero-order chi connectivity index (χ0) is 18.8. The van der Waals surface area contributed by atoms with Crippen molar-refractivity contribution >= 4 is 27.5 Å². The molecule has 2 aromatic carbocycles. The van der Waals surface area contributed by atoms with Crippen molar-refractivity contribution in [2.24, 2.45) is 0 Å². The zero-order valence-electron chi connectivity index (χ0n) is 15.8. The highest BCUT2D eigenvalue weighted by Gasteiger charge is 2.34. The van der Waals surface area contributed by atoms with Crippen LogP contribution < -0.4 is 5.32 Å². The Bertz CT molecular complexity index is 918. The number of nitrogens with zero attached hydrogens (tertiary/aromatic N) is 2. The number of rotatable bonds is 5. The summed E-state index contributed by atoms with van der Waals surface area (Å²) >= 11 is 1.76. The van der Waals surface area contributed by atoms with Gasteiger partial charge in [0.15, 0.2) is 0 Å². The molecule has 4 nitrogen and oxygen atoms in total. The summed E-state index contributed by atoms with van der Waals surface area (Å²) in [7, 11) is 0. The molecule has 2 atom stereocenters. The van der Waals surface area contributed by atoms with Crippen LogP contribution in [-0.4, -0.2) is 28.4 Å². The van der Waals surface area contributed by atoms with Crippen molar-refractivity contribution in [1.29, 1.82) is 0 Å². The van der Waals surface area contributed by atoms with Crippen LogP contribution in [0.25, 0.3) is 10.2 Å². The largest absolute Gasteiger partial charge is 0.351 e. The van der Waals surface area contributed by atoms with Crippen molar-refractivity contribution in [3.05, 3.63) is 64.7 Å². The highest BCUT2D eigenvalue weighted by Crippen LogP contribution is 2.37. The molecule has 1 amide bonds. The second kappa shape index (κ2) is 7.79. The topological polar surface area (TPSA) is 45.2 Å². The van der Waals surface area contributed by atoms with Gasteiger partial charge in [0, 0.05) is 6.54 Å². The number of aromatic nitrogens is 1. The molecule has 1 aliphatic rings. The highest BCUT2D eigenvalue weighted by molar-refractivity contribution is 7.18. The van der Waals surface area contributed by atoms with E-state index in [1.165, 1.54) is 15.8 Å². The Balaban J connectivity index is 1.46. The smallest absolute Gasteiger partial charge is 0.237 e. The summed E-state index contributed by atoms with van der Waals surface area (Å²) in [4.78, 5) is 19.9. The molecule has 1 saturated heterocycles. The van der Waals surface area contributed by atoms with Gasteiger partial charge in [-0.3, -0.25) is 9.69 Å². The van der Waals surface area contributed by atoms with Crippen molar-refractivity contribution < 1.29 is 4.79 Å². The van der Waals surface area contributed by atoms with Gasteiger partial charge in [-0.1, -0.05) is 36.4 Å². The Morgan fingerprint density at radius 2 is 2.04 bits per heavy atom. The second-order valence-corrected chi connectivity index (χ2v) is 8.30. The van der Waals surface area contributed by atoms with Crippen LogP contribution >= 0.6 is 11.3 Å². The summed E-state index contributed by atoms with van der Waals surface area (Å²) in [5, 5.41) is 4.25. The number of benzene rings is 2. The molecule has 3 aromatic rings. The third-order valence-corrected chi connectivity index (χ3v) is 6.62. The monoisotopic (exact) mass is 379 g/mol. The number of thiazole rings is 1. The standard InChI is InChI=1S/C22H25N3OS/c1-15-8-3-4-9-17(15)14-23-21(26)16(2)25-13-7-11-19(25)22-24-18-10-5-6-12-20(18)27-22/h3-6,8-10,12,16,19H,7,11,13-14H2,1-2H3,(H,23,26). The summed E-state index contributed by atoms with van der Waals surface area (Å²) in [6, 6.07) is 16.5. The Morgan fingerprint density at radius 3 is 2.85 bits per heavy atom.